The van der Waals surface area contributed by atoms with Gasteiger partial charge in [-0.15, -0.1) is 0 Å². The third-order valence-electron chi connectivity index (χ3n) is 6.76. The van der Waals surface area contributed by atoms with Gasteiger partial charge in [0, 0.05) is 72.0 Å². The smallest absolute Gasteiger partial charge is 0.317 e. The Morgan fingerprint density at radius 1 is 0.719 bits per heavy atom. The number of likely N-dealkylation sites (N-methyl/N-ethyl adjacent to an activating group) is 1. The quantitative estimate of drug-likeness (QED) is 0.726. The highest BCUT2D eigenvalue weighted by molar-refractivity contribution is 5.74. The molecule has 32 heavy (non-hydrogen) atoms. The predicted octanol–water partition coefficient (Wildman–Crippen LogP) is 2.85. The topological polar surface area (TPSA) is 42.1 Å². The zero-order chi connectivity index (χ0) is 22.2. The van der Waals surface area contributed by atoms with E-state index >= 15 is 0 Å². The Morgan fingerprint density at radius 3 is 1.97 bits per heavy atom. The second-order valence-electron chi connectivity index (χ2n) is 8.89. The lowest BCUT2D eigenvalue weighted by Crippen LogP contribution is -2.51. The summed E-state index contributed by atoms with van der Waals surface area (Å²) in [6, 6.07) is 19.1. The van der Waals surface area contributed by atoms with Crippen LogP contribution < -0.4 is 5.32 Å². The molecule has 0 aliphatic carbocycles. The Hall–Kier alpha value is -2.41. The lowest BCUT2D eigenvalue weighted by Gasteiger charge is -2.35. The van der Waals surface area contributed by atoms with Gasteiger partial charge in [0.05, 0.1) is 0 Å². The number of carbonyl (C=O) groups excluding carboxylic acids is 1. The van der Waals surface area contributed by atoms with Crippen molar-refractivity contribution in [2.75, 3.05) is 58.9 Å². The second-order valence-corrected chi connectivity index (χ2v) is 8.89. The SMILES string of the molecule is CCN1CCN(Cc2ccccc2CNC(=O)N2CCN(Cc3ccccc3)CC2)CC1. The van der Waals surface area contributed by atoms with Crippen molar-refractivity contribution in [2.24, 2.45) is 0 Å². The molecule has 0 radical (unpaired) electrons. The maximum atomic E-state index is 12.8. The summed E-state index contributed by atoms with van der Waals surface area (Å²) in [4.78, 5) is 22.2. The van der Waals surface area contributed by atoms with Crippen LogP contribution in [0.3, 0.4) is 0 Å². The summed E-state index contributed by atoms with van der Waals surface area (Å²) >= 11 is 0. The number of rotatable bonds is 7. The van der Waals surface area contributed by atoms with E-state index in [0.717, 1.165) is 72.0 Å². The molecule has 6 heteroatoms. The van der Waals surface area contributed by atoms with Crippen LogP contribution in [-0.4, -0.2) is 84.5 Å². The minimum absolute atomic E-state index is 0.0516. The number of hydrogen-bond acceptors (Lipinski definition) is 4. The molecule has 0 unspecified atom stereocenters. The first kappa shape index (κ1) is 22.8. The van der Waals surface area contributed by atoms with E-state index in [1.807, 2.05) is 4.90 Å². The Balaban J connectivity index is 1.23. The van der Waals surface area contributed by atoms with Gasteiger partial charge in [0.15, 0.2) is 0 Å². The molecule has 0 spiro atoms. The van der Waals surface area contributed by atoms with Crippen LogP contribution in [0.25, 0.3) is 0 Å². The summed E-state index contributed by atoms with van der Waals surface area (Å²) in [5, 5.41) is 3.17. The van der Waals surface area contributed by atoms with Crippen LogP contribution in [0.15, 0.2) is 54.6 Å². The highest BCUT2D eigenvalue weighted by Crippen LogP contribution is 2.14. The third kappa shape index (κ3) is 6.31. The molecule has 2 saturated heterocycles. The fraction of sp³-hybridized carbons (Fsp3) is 0.500. The average Bonchev–Trinajstić information content (AvgIpc) is 2.85. The Kier molecular flexibility index (Phi) is 8.15. The first-order chi connectivity index (χ1) is 15.7. The second kappa shape index (κ2) is 11.5. The molecule has 2 aromatic rings. The van der Waals surface area contributed by atoms with Crippen molar-refractivity contribution in [3.05, 3.63) is 71.3 Å². The molecule has 0 saturated carbocycles. The van der Waals surface area contributed by atoms with Gasteiger partial charge in [-0.2, -0.15) is 0 Å². The molecule has 0 aromatic heterocycles. The van der Waals surface area contributed by atoms with Crippen molar-refractivity contribution < 1.29 is 4.79 Å². The van der Waals surface area contributed by atoms with E-state index in [0.29, 0.717) is 6.54 Å². The Morgan fingerprint density at radius 2 is 1.28 bits per heavy atom. The highest BCUT2D eigenvalue weighted by atomic mass is 16.2. The van der Waals surface area contributed by atoms with Crippen LogP contribution >= 0.6 is 0 Å². The maximum absolute atomic E-state index is 12.8. The molecular weight excluding hydrogens is 398 g/mol. The van der Waals surface area contributed by atoms with Gasteiger partial charge < -0.3 is 15.1 Å². The fourth-order valence-corrected chi connectivity index (χ4v) is 4.62. The standard InChI is InChI=1S/C26H37N5O/c1-2-28-12-14-30(15-13-28)22-25-11-7-6-10-24(25)20-27-26(32)31-18-16-29(17-19-31)21-23-8-4-3-5-9-23/h3-11H,2,12-22H2,1H3,(H,27,32). The number of nitrogens with one attached hydrogen (secondary N) is 1. The Bertz CT molecular complexity index is 842. The van der Waals surface area contributed by atoms with E-state index < -0.39 is 0 Å². The lowest BCUT2D eigenvalue weighted by molar-refractivity contribution is 0.131. The molecule has 0 bridgehead atoms. The normalized spacial score (nSPS) is 18.6. The molecule has 2 amide bonds. The van der Waals surface area contributed by atoms with Gasteiger partial charge in [0.2, 0.25) is 0 Å². The molecule has 2 aliphatic rings. The number of carbonyl (C=O) groups is 1. The molecular formula is C26H37N5O. The first-order valence-electron chi connectivity index (χ1n) is 12.0. The van der Waals surface area contributed by atoms with E-state index in [4.69, 9.17) is 0 Å². The summed E-state index contributed by atoms with van der Waals surface area (Å²) < 4.78 is 0. The molecule has 2 fully saturated rings. The van der Waals surface area contributed by atoms with Gasteiger partial charge in [0.1, 0.15) is 0 Å². The zero-order valence-corrected chi connectivity index (χ0v) is 19.4. The predicted molar refractivity (Wildman–Crippen MR) is 129 cm³/mol. The van der Waals surface area contributed by atoms with Crippen molar-refractivity contribution >= 4 is 6.03 Å². The minimum atomic E-state index is 0.0516. The van der Waals surface area contributed by atoms with Crippen molar-refractivity contribution in [2.45, 2.75) is 26.6 Å². The van der Waals surface area contributed by atoms with Gasteiger partial charge in [0.25, 0.3) is 0 Å². The molecule has 2 heterocycles. The highest BCUT2D eigenvalue weighted by Gasteiger charge is 2.21. The van der Waals surface area contributed by atoms with Crippen molar-refractivity contribution in [3.8, 4) is 0 Å². The van der Waals surface area contributed by atoms with Gasteiger partial charge in [-0.3, -0.25) is 9.80 Å². The van der Waals surface area contributed by atoms with E-state index in [9.17, 15) is 4.79 Å². The first-order valence-corrected chi connectivity index (χ1v) is 12.0. The molecule has 172 valence electrons. The van der Waals surface area contributed by atoms with Gasteiger partial charge >= 0.3 is 6.03 Å². The zero-order valence-electron chi connectivity index (χ0n) is 19.4. The monoisotopic (exact) mass is 435 g/mol. The van der Waals surface area contributed by atoms with Crippen LogP contribution in [0.5, 0.6) is 0 Å². The van der Waals surface area contributed by atoms with E-state index in [2.05, 4.69) is 81.5 Å². The average molecular weight is 436 g/mol. The van der Waals surface area contributed by atoms with Crippen LogP contribution in [0.4, 0.5) is 4.79 Å². The molecule has 4 rings (SSSR count). The number of amides is 2. The third-order valence-corrected chi connectivity index (χ3v) is 6.76. The van der Waals surface area contributed by atoms with E-state index in [-0.39, 0.29) is 6.03 Å². The van der Waals surface area contributed by atoms with Gasteiger partial charge in [-0.25, -0.2) is 4.79 Å². The number of piperazine rings is 2. The number of urea groups is 1. The fourth-order valence-electron chi connectivity index (χ4n) is 4.62. The van der Waals surface area contributed by atoms with Crippen molar-refractivity contribution in [3.63, 3.8) is 0 Å². The summed E-state index contributed by atoms with van der Waals surface area (Å²) in [6.45, 7) is 13.8. The largest absolute Gasteiger partial charge is 0.334 e. The van der Waals surface area contributed by atoms with E-state index in [1.165, 1.54) is 16.7 Å². The summed E-state index contributed by atoms with van der Waals surface area (Å²) in [6.07, 6.45) is 0. The number of benzene rings is 2. The summed E-state index contributed by atoms with van der Waals surface area (Å²) in [5.74, 6) is 0. The lowest BCUT2D eigenvalue weighted by atomic mass is 10.1. The molecule has 2 aliphatic heterocycles. The molecule has 0 atom stereocenters. The van der Waals surface area contributed by atoms with Crippen LogP contribution in [0.2, 0.25) is 0 Å². The molecule has 2 aromatic carbocycles. The molecule has 1 N–H and O–H groups in total. The van der Waals surface area contributed by atoms with E-state index in [1.54, 1.807) is 0 Å². The summed E-state index contributed by atoms with van der Waals surface area (Å²) in [5.41, 5.74) is 3.88. The number of nitrogens with zero attached hydrogens (tertiary/aromatic N) is 4. The van der Waals surface area contributed by atoms with Crippen LogP contribution in [0.1, 0.15) is 23.6 Å². The van der Waals surface area contributed by atoms with Crippen LogP contribution in [0, 0.1) is 0 Å². The summed E-state index contributed by atoms with van der Waals surface area (Å²) in [7, 11) is 0. The molecule has 6 nitrogen and oxygen atoms in total. The Labute approximate surface area is 192 Å². The van der Waals surface area contributed by atoms with Crippen LogP contribution in [-0.2, 0) is 19.6 Å². The van der Waals surface area contributed by atoms with Gasteiger partial charge in [-0.05, 0) is 23.2 Å². The van der Waals surface area contributed by atoms with Crippen molar-refractivity contribution in [1.29, 1.82) is 0 Å². The maximum Gasteiger partial charge on any atom is 0.317 e. The number of hydrogen-bond donors (Lipinski definition) is 1. The van der Waals surface area contributed by atoms with Crippen molar-refractivity contribution in [1.82, 2.24) is 24.9 Å². The minimum Gasteiger partial charge on any atom is -0.334 e. The van der Waals surface area contributed by atoms with Gasteiger partial charge in [-0.1, -0.05) is 61.5 Å².